The fourth-order valence-electron chi connectivity index (χ4n) is 2.15. The van der Waals surface area contributed by atoms with E-state index >= 15 is 0 Å². The van der Waals surface area contributed by atoms with Crippen LogP contribution in [0.25, 0.3) is 10.1 Å². The minimum Gasteiger partial charge on any atom is -0.386 e. The summed E-state index contributed by atoms with van der Waals surface area (Å²) in [6.07, 6.45) is -0.645. The number of halogens is 1. The van der Waals surface area contributed by atoms with Crippen LogP contribution in [0, 0.1) is 0 Å². The third kappa shape index (κ3) is 4.66. The van der Waals surface area contributed by atoms with Crippen LogP contribution in [-0.4, -0.2) is 17.6 Å². The number of rotatable bonds is 4. The molecule has 2 aromatic carbocycles. The lowest BCUT2D eigenvalue weighted by Crippen LogP contribution is -2.23. The van der Waals surface area contributed by atoms with Crippen molar-refractivity contribution in [3.05, 3.63) is 65.5 Å². The molecular formula is C17H18IN3OS. The number of thiophene rings is 1. The van der Waals surface area contributed by atoms with Crippen molar-refractivity contribution >= 4 is 57.0 Å². The number of nitrogens with one attached hydrogen (secondary N) is 1. The number of hydrogen-bond donors (Lipinski definition) is 3. The van der Waals surface area contributed by atoms with E-state index in [-0.39, 0.29) is 30.5 Å². The van der Waals surface area contributed by atoms with Gasteiger partial charge in [-0.25, -0.2) is 0 Å². The number of hydrogen-bond acceptors (Lipinski definition) is 3. The van der Waals surface area contributed by atoms with Crippen molar-refractivity contribution < 1.29 is 5.11 Å². The Morgan fingerprint density at radius 2 is 1.83 bits per heavy atom. The molecule has 4 nitrogen and oxygen atoms in total. The largest absolute Gasteiger partial charge is 0.386 e. The minimum absolute atomic E-state index is 0. The summed E-state index contributed by atoms with van der Waals surface area (Å²) in [4.78, 5) is 5.11. The van der Waals surface area contributed by atoms with Gasteiger partial charge in [0.1, 0.15) is 6.10 Å². The van der Waals surface area contributed by atoms with Crippen LogP contribution in [0.4, 0.5) is 5.69 Å². The number of fused-ring (bicyclic) bond motifs is 1. The fourth-order valence-corrected chi connectivity index (χ4v) is 3.19. The highest BCUT2D eigenvalue weighted by Crippen LogP contribution is 2.29. The van der Waals surface area contributed by atoms with E-state index in [1.54, 1.807) is 11.3 Å². The summed E-state index contributed by atoms with van der Waals surface area (Å²) < 4.78 is 1.16. The highest BCUT2D eigenvalue weighted by Gasteiger charge is 2.11. The van der Waals surface area contributed by atoms with Gasteiger partial charge in [-0.3, -0.25) is 4.99 Å². The topological polar surface area (TPSA) is 70.6 Å². The summed E-state index contributed by atoms with van der Waals surface area (Å²) in [5.74, 6) is 0.298. The van der Waals surface area contributed by atoms with Crippen LogP contribution in [0.15, 0.2) is 65.7 Å². The molecule has 0 amide bonds. The molecule has 1 aromatic heterocycles. The molecule has 1 unspecified atom stereocenters. The molecule has 0 aliphatic carbocycles. The maximum Gasteiger partial charge on any atom is 0.193 e. The number of nitrogens with two attached hydrogens (primary N) is 1. The van der Waals surface area contributed by atoms with Crippen molar-refractivity contribution in [1.29, 1.82) is 0 Å². The Kier molecular flexibility index (Phi) is 6.37. The molecule has 0 saturated carbocycles. The molecule has 3 rings (SSSR count). The van der Waals surface area contributed by atoms with Gasteiger partial charge in [0.05, 0.1) is 6.54 Å². The Hall–Kier alpha value is -1.64. The second-order valence-electron chi connectivity index (χ2n) is 4.92. The summed E-state index contributed by atoms with van der Waals surface area (Å²) in [7, 11) is 0. The average Bonchev–Trinajstić information content (AvgIpc) is 2.98. The lowest BCUT2D eigenvalue weighted by Gasteiger charge is -2.07. The summed E-state index contributed by atoms with van der Waals surface area (Å²) >= 11 is 1.58. The molecule has 0 fully saturated rings. The molecule has 0 aliphatic rings. The maximum atomic E-state index is 10.3. The van der Waals surface area contributed by atoms with E-state index in [0.29, 0.717) is 5.96 Å². The number of para-hydroxylation sites is 1. The quantitative estimate of drug-likeness (QED) is 0.327. The first-order valence-electron chi connectivity index (χ1n) is 7.01. The van der Waals surface area contributed by atoms with Crippen LogP contribution in [0.5, 0.6) is 0 Å². The average molecular weight is 439 g/mol. The molecule has 0 spiro atoms. The zero-order valence-electron chi connectivity index (χ0n) is 12.3. The third-order valence-electron chi connectivity index (χ3n) is 3.25. The van der Waals surface area contributed by atoms with Crippen molar-refractivity contribution in [3.8, 4) is 0 Å². The Balaban J connectivity index is 0.00000192. The van der Waals surface area contributed by atoms with E-state index in [9.17, 15) is 5.11 Å². The normalized spacial score (nSPS) is 12.7. The molecule has 3 aromatic rings. The second kappa shape index (κ2) is 8.28. The van der Waals surface area contributed by atoms with Gasteiger partial charge in [-0.15, -0.1) is 35.3 Å². The van der Waals surface area contributed by atoms with Crippen molar-refractivity contribution in [2.24, 2.45) is 10.7 Å². The molecule has 6 heteroatoms. The predicted octanol–water partition coefficient (Wildman–Crippen LogP) is 3.98. The van der Waals surface area contributed by atoms with Crippen molar-refractivity contribution in [2.45, 2.75) is 6.10 Å². The number of benzene rings is 2. The lowest BCUT2D eigenvalue weighted by molar-refractivity contribution is 0.191. The first-order chi connectivity index (χ1) is 10.7. The SMILES string of the molecule is I.NC(=NCC(O)c1cc2ccccc2s1)Nc1ccccc1. The Morgan fingerprint density at radius 1 is 1.13 bits per heavy atom. The molecule has 4 N–H and O–H groups in total. The predicted molar refractivity (Wildman–Crippen MR) is 109 cm³/mol. The van der Waals surface area contributed by atoms with Crippen LogP contribution >= 0.6 is 35.3 Å². The van der Waals surface area contributed by atoms with Crippen LogP contribution in [0.2, 0.25) is 0 Å². The van der Waals surface area contributed by atoms with E-state index in [0.717, 1.165) is 20.7 Å². The van der Waals surface area contributed by atoms with Gasteiger partial charge in [-0.1, -0.05) is 36.4 Å². The van der Waals surface area contributed by atoms with Gasteiger partial charge >= 0.3 is 0 Å². The van der Waals surface area contributed by atoms with Gasteiger partial charge < -0.3 is 16.2 Å². The van der Waals surface area contributed by atoms with Gasteiger partial charge in [0, 0.05) is 15.3 Å². The van der Waals surface area contributed by atoms with E-state index in [1.165, 1.54) is 0 Å². The summed E-state index contributed by atoms with van der Waals surface area (Å²) in [6, 6.07) is 19.7. The van der Waals surface area contributed by atoms with Crippen LogP contribution in [0.1, 0.15) is 11.0 Å². The number of aliphatic hydroxyl groups is 1. The van der Waals surface area contributed by atoms with Gasteiger partial charge in [0.15, 0.2) is 5.96 Å². The number of aliphatic hydroxyl groups excluding tert-OH is 1. The third-order valence-corrected chi connectivity index (χ3v) is 4.47. The van der Waals surface area contributed by atoms with Crippen LogP contribution in [-0.2, 0) is 0 Å². The zero-order valence-corrected chi connectivity index (χ0v) is 15.5. The van der Waals surface area contributed by atoms with E-state index in [1.807, 2.05) is 60.7 Å². The molecule has 1 atom stereocenters. The Bertz CT molecular complexity index is 756. The number of nitrogens with zero attached hydrogens (tertiary/aromatic N) is 1. The molecule has 0 saturated heterocycles. The first kappa shape index (κ1) is 17.7. The fraction of sp³-hybridized carbons (Fsp3) is 0.118. The molecule has 1 heterocycles. The maximum absolute atomic E-state index is 10.3. The molecule has 23 heavy (non-hydrogen) atoms. The summed E-state index contributed by atoms with van der Waals surface area (Å²) in [6.45, 7) is 0.235. The Morgan fingerprint density at radius 3 is 2.57 bits per heavy atom. The number of aliphatic imine (C=N–C) groups is 1. The van der Waals surface area contributed by atoms with Crippen molar-refractivity contribution in [2.75, 3.05) is 11.9 Å². The van der Waals surface area contributed by atoms with Gasteiger partial charge in [0.2, 0.25) is 0 Å². The smallest absolute Gasteiger partial charge is 0.193 e. The standard InChI is InChI=1S/C17H17N3OS.HI/c18-17(20-13-7-2-1-3-8-13)19-11-14(21)16-10-12-6-4-5-9-15(12)22-16;/h1-10,14,21H,11H2,(H3,18,19,20);1H. The van der Waals surface area contributed by atoms with Gasteiger partial charge in [-0.05, 0) is 29.7 Å². The number of anilines is 1. The Labute approximate surface area is 156 Å². The number of guanidine groups is 1. The zero-order chi connectivity index (χ0) is 15.4. The minimum atomic E-state index is -0.645. The van der Waals surface area contributed by atoms with E-state index in [4.69, 9.17) is 5.73 Å². The van der Waals surface area contributed by atoms with Crippen LogP contribution < -0.4 is 11.1 Å². The van der Waals surface area contributed by atoms with E-state index < -0.39 is 6.10 Å². The monoisotopic (exact) mass is 439 g/mol. The first-order valence-corrected chi connectivity index (χ1v) is 7.82. The molecule has 120 valence electrons. The molecular weight excluding hydrogens is 421 g/mol. The van der Waals surface area contributed by atoms with Crippen LogP contribution in [0.3, 0.4) is 0 Å². The molecule has 0 bridgehead atoms. The van der Waals surface area contributed by atoms with Crippen molar-refractivity contribution in [1.82, 2.24) is 0 Å². The van der Waals surface area contributed by atoms with E-state index in [2.05, 4.69) is 10.3 Å². The highest BCUT2D eigenvalue weighted by molar-refractivity contribution is 14.0. The lowest BCUT2D eigenvalue weighted by atomic mass is 10.2. The molecule has 0 radical (unpaired) electrons. The second-order valence-corrected chi connectivity index (χ2v) is 6.03. The summed E-state index contributed by atoms with van der Waals surface area (Å²) in [5.41, 5.74) is 6.71. The van der Waals surface area contributed by atoms with Crippen molar-refractivity contribution in [3.63, 3.8) is 0 Å². The highest BCUT2D eigenvalue weighted by atomic mass is 127. The van der Waals surface area contributed by atoms with Gasteiger partial charge in [0.25, 0.3) is 0 Å². The summed E-state index contributed by atoms with van der Waals surface area (Å²) in [5, 5.41) is 14.4. The molecule has 0 aliphatic heterocycles. The van der Waals surface area contributed by atoms with Gasteiger partial charge in [-0.2, -0.15) is 0 Å².